The molecule has 0 radical (unpaired) electrons. The minimum Gasteiger partial charge on any atom is -0.310 e. The number of aromatic nitrogens is 1. The number of anilines is 3. The predicted octanol–water partition coefficient (Wildman–Crippen LogP) is 14.3. The third-order valence-corrected chi connectivity index (χ3v) is 15.5. The van der Waals surface area contributed by atoms with Crippen molar-refractivity contribution in [3.05, 3.63) is 180 Å². The van der Waals surface area contributed by atoms with E-state index in [0.717, 1.165) is 23.7 Å². The number of rotatable bonds is 4. The molecular formula is C55H46N2. The van der Waals surface area contributed by atoms with Gasteiger partial charge in [-0.3, -0.25) is 0 Å². The first-order valence-electron chi connectivity index (χ1n) is 21.4. The van der Waals surface area contributed by atoms with E-state index in [1.807, 2.05) is 0 Å². The minimum atomic E-state index is -0.0926. The van der Waals surface area contributed by atoms with Crippen LogP contribution in [0.5, 0.6) is 0 Å². The zero-order valence-corrected chi connectivity index (χ0v) is 32.8. The van der Waals surface area contributed by atoms with Gasteiger partial charge in [0.15, 0.2) is 0 Å². The molecule has 1 aromatic heterocycles. The molecule has 4 bridgehead atoms. The highest BCUT2D eigenvalue weighted by atomic mass is 15.1. The fraction of sp³-hybridized carbons (Fsp3) is 0.236. The van der Waals surface area contributed by atoms with Gasteiger partial charge in [0.2, 0.25) is 0 Å². The number of nitrogens with zero attached hydrogens (tertiary/aromatic N) is 2. The van der Waals surface area contributed by atoms with Gasteiger partial charge in [-0.15, -0.1) is 0 Å². The molecule has 7 aromatic carbocycles. The Hall–Kier alpha value is -5.86. The van der Waals surface area contributed by atoms with Gasteiger partial charge in [0.1, 0.15) is 0 Å². The molecule has 0 amide bonds. The highest BCUT2D eigenvalue weighted by Crippen LogP contribution is 2.69. The van der Waals surface area contributed by atoms with Gasteiger partial charge in [-0.2, -0.15) is 0 Å². The van der Waals surface area contributed by atoms with Gasteiger partial charge in [-0.1, -0.05) is 111 Å². The molecular weight excluding hydrogens is 689 g/mol. The lowest BCUT2D eigenvalue weighted by Gasteiger charge is -2.61. The van der Waals surface area contributed by atoms with Gasteiger partial charge in [0, 0.05) is 44.4 Å². The number of benzene rings is 7. The quantitative estimate of drug-likeness (QED) is 0.175. The van der Waals surface area contributed by atoms with Crippen LogP contribution >= 0.6 is 0 Å². The molecule has 6 aliphatic rings. The average Bonchev–Trinajstić information content (AvgIpc) is 3.81. The summed E-state index contributed by atoms with van der Waals surface area (Å²) in [7, 11) is 0. The van der Waals surface area contributed by atoms with Gasteiger partial charge < -0.3 is 9.47 Å². The van der Waals surface area contributed by atoms with Gasteiger partial charge >= 0.3 is 0 Å². The molecule has 276 valence electrons. The van der Waals surface area contributed by atoms with E-state index in [1.165, 1.54) is 110 Å². The second kappa shape index (κ2) is 11.4. The Labute approximate surface area is 335 Å². The van der Waals surface area contributed by atoms with Gasteiger partial charge in [0.25, 0.3) is 0 Å². The van der Waals surface area contributed by atoms with Crippen molar-refractivity contribution in [2.45, 2.75) is 56.8 Å². The monoisotopic (exact) mass is 734 g/mol. The Bertz CT molecular complexity index is 2930. The lowest BCUT2D eigenvalue weighted by Crippen LogP contribution is -2.55. The number of fused-ring (bicyclic) bond motifs is 9. The van der Waals surface area contributed by atoms with Crippen LogP contribution in [0.3, 0.4) is 0 Å². The summed E-state index contributed by atoms with van der Waals surface area (Å²) in [5.74, 6) is 3.27. The molecule has 4 fully saturated rings. The van der Waals surface area contributed by atoms with Crippen molar-refractivity contribution in [2.24, 2.45) is 23.7 Å². The van der Waals surface area contributed by atoms with Crippen LogP contribution in [-0.4, -0.2) is 4.57 Å². The highest BCUT2D eigenvalue weighted by molar-refractivity contribution is 6.10. The summed E-state index contributed by atoms with van der Waals surface area (Å²) in [6.07, 6.45) is 7.01. The molecule has 0 aliphatic heterocycles. The van der Waals surface area contributed by atoms with Crippen molar-refractivity contribution in [1.29, 1.82) is 0 Å². The molecule has 0 atom stereocenters. The van der Waals surface area contributed by atoms with E-state index in [0.29, 0.717) is 0 Å². The third kappa shape index (κ3) is 4.21. The lowest BCUT2D eigenvalue weighted by molar-refractivity contribution is -0.0399. The summed E-state index contributed by atoms with van der Waals surface area (Å²) >= 11 is 0. The summed E-state index contributed by atoms with van der Waals surface area (Å²) in [5.41, 5.74) is 19.0. The van der Waals surface area contributed by atoms with E-state index in [1.54, 1.807) is 11.1 Å². The Morgan fingerprint density at radius 2 is 0.965 bits per heavy atom. The first-order valence-corrected chi connectivity index (χ1v) is 21.4. The van der Waals surface area contributed by atoms with Crippen molar-refractivity contribution >= 4 is 38.9 Å². The predicted molar refractivity (Wildman–Crippen MR) is 236 cm³/mol. The summed E-state index contributed by atoms with van der Waals surface area (Å²) in [4.78, 5) is 2.58. The molecule has 0 saturated heterocycles. The van der Waals surface area contributed by atoms with Crippen LogP contribution in [-0.2, 0) is 10.8 Å². The molecule has 2 heteroatoms. The normalized spacial score (nSPS) is 24.2. The van der Waals surface area contributed by atoms with Crippen molar-refractivity contribution in [1.82, 2.24) is 4.57 Å². The standard InChI is InChI=1S/C55H46N2/c1-54(2)48-17-9-6-14-42(48)44-23-20-40(32-50(44)54)56(39-22-25-53-47(31-39)46-16-8-11-19-52(46)57(53)38-12-4-3-5-13-38)41-21-24-45-43-15-7-10-18-49(43)55(51(45)33-41)36-27-34-26-35(29-36)30-37(55)28-34/h3-25,31-37H,26-30H2,1-2H3. The van der Waals surface area contributed by atoms with E-state index >= 15 is 0 Å². The maximum atomic E-state index is 2.65. The molecule has 8 aromatic rings. The number of hydrogen-bond donors (Lipinski definition) is 0. The van der Waals surface area contributed by atoms with Crippen LogP contribution in [0.15, 0.2) is 158 Å². The van der Waals surface area contributed by atoms with Gasteiger partial charge in [-0.25, -0.2) is 0 Å². The molecule has 6 aliphatic carbocycles. The molecule has 0 unspecified atom stereocenters. The summed E-state index contributed by atoms with van der Waals surface area (Å²) < 4.78 is 2.43. The van der Waals surface area contributed by atoms with Gasteiger partial charge in [0.05, 0.1) is 11.0 Å². The van der Waals surface area contributed by atoms with Crippen LogP contribution in [0.25, 0.3) is 49.7 Å². The maximum Gasteiger partial charge on any atom is 0.0542 e. The molecule has 2 nitrogen and oxygen atoms in total. The second-order valence-corrected chi connectivity index (χ2v) is 18.6. The van der Waals surface area contributed by atoms with E-state index in [4.69, 9.17) is 0 Å². The zero-order valence-electron chi connectivity index (χ0n) is 32.8. The summed E-state index contributed by atoms with van der Waals surface area (Å²) in [5, 5.41) is 2.55. The summed E-state index contributed by atoms with van der Waals surface area (Å²) in [6, 6.07) is 60.3. The number of hydrogen-bond acceptors (Lipinski definition) is 1. The van der Waals surface area contributed by atoms with Crippen LogP contribution in [0, 0.1) is 23.7 Å². The average molecular weight is 735 g/mol. The SMILES string of the molecule is CC1(C)c2ccccc2-c2ccc(N(c3ccc4c(c3)C3(c5ccccc5-4)C4CC5CC(C4)CC3C5)c3ccc4c(c3)c3ccccc3n4-c3ccccc3)cc21. The molecule has 57 heavy (non-hydrogen) atoms. The first-order chi connectivity index (χ1) is 28.0. The Kier molecular flexibility index (Phi) is 6.44. The largest absolute Gasteiger partial charge is 0.310 e. The third-order valence-electron chi connectivity index (χ3n) is 15.5. The highest BCUT2D eigenvalue weighted by Gasteiger charge is 2.61. The van der Waals surface area contributed by atoms with Crippen LogP contribution in [0.4, 0.5) is 17.1 Å². The van der Waals surface area contributed by atoms with E-state index in [2.05, 4.69) is 181 Å². The van der Waals surface area contributed by atoms with Crippen molar-refractivity contribution in [3.8, 4) is 27.9 Å². The smallest absolute Gasteiger partial charge is 0.0542 e. The van der Waals surface area contributed by atoms with Crippen molar-refractivity contribution < 1.29 is 0 Å². The fourth-order valence-corrected chi connectivity index (χ4v) is 13.5. The number of para-hydroxylation sites is 2. The topological polar surface area (TPSA) is 8.17 Å². The van der Waals surface area contributed by atoms with Crippen molar-refractivity contribution in [3.63, 3.8) is 0 Å². The van der Waals surface area contributed by atoms with Crippen LogP contribution in [0.1, 0.15) is 68.2 Å². The molecule has 4 saturated carbocycles. The van der Waals surface area contributed by atoms with Crippen LogP contribution in [0.2, 0.25) is 0 Å². The van der Waals surface area contributed by atoms with E-state index in [9.17, 15) is 0 Å². The molecule has 1 heterocycles. The van der Waals surface area contributed by atoms with Gasteiger partial charge in [-0.05, 0) is 161 Å². The van der Waals surface area contributed by atoms with E-state index in [-0.39, 0.29) is 10.8 Å². The van der Waals surface area contributed by atoms with Crippen LogP contribution < -0.4 is 4.90 Å². The maximum absolute atomic E-state index is 2.65. The summed E-state index contributed by atoms with van der Waals surface area (Å²) in [6.45, 7) is 4.80. The lowest BCUT2D eigenvalue weighted by atomic mass is 9.43. The van der Waals surface area contributed by atoms with Crippen molar-refractivity contribution in [2.75, 3.05) is 4.90 Å². The Balaban J connectivity index is 1.05. The first kappa shape index (κ1) is 32.2. The molecule has 14 rings (SSSR count). The molecule has 0 N–H and O–H groups in total. The second-order valence-electron chi connectivity index (χ2n) is 18.6. The minimum absolute atomic E-state index is 0.0926. The Morgan fingerprint density at radius 3 is 1.70 bits per heavy atom. The Morgan fingerprint density at radius 1 is 0.439 bits per heavy atom. The molecule has 1 spiro atoms. The zero-order chi connectivity index (χ0) is 37.6. The fourth-order valence-electron chi connectivity index (χ4n) is 13.5. The van der Waals surface area contributed by atoms with E-state index < -0.39 is 0 Å².